The van der Waals surface area contributed by atoms with Gasteiger partial charge in [0, 0.05) is 12.8 Å². The molecule has 2 N–H and O–H groups in total. The van der Waals surface area contributed by atoms with Crippen LogP contribution in [-0.4, -0.2) is 55.4 Å². The lowest BCUT2D eigenvalue weighted by molar-refractivity contribution is -0.175. The summed E-state index contributed by atoms with van der Waals surface area (Å²) in [7, 11) is 2.43. The Balaban J connectivity index is 1.63. The van der Waals surface area contributed by atoms with Crippen molar-refractivity contribution in [1.29, 1.82) is 0 Å². The molecule has 3 aromatic rings. The van der Waals surface area contributed by atoms with Gasteiger partial charge in [-0.25, -0.2) is 19.2 Å². The number of alkyl carbamates (subject to hydrolysis) is 1. The van der Waals surface area contributed by atoms with Crippen LogP contribution in [-0.2, 0) is 43.3 Å². The number of hydrogen-bond acceptors (Lipinski definition) is 7. The maximum Gasteiger partial charge on any atom is 0.408 e. The molecular formula is C29H31N3O7. The third kappa shape index (κ3) is 9.51. The molecule has 2 atom stereocenters. The summed E-state index contributed by atoms with van der Waals surface area (Å²) in [4.78, 5) is 55.8. The van der Waals surface area contributed by atoms with E-state index in [1.807, 2.05) is 54.6 Å². The van der Waals surface area contributed by atoms with Crippen molar-refractivity contribution >= 4 is 24.1 Å². The van der Waals surface area contributed by atoms with Crippen LogP contribution >= 0.6 is 0 Å². The molecular weight excluding hydrogens is 502 g/mol. The van der Waals surface area contributed by atoms with Gasteiger partial charge in [-0.1, -0.05) is 91.0 Å². The number of benzene rings is 3. The summed E-state index contributed by atoms with van der Waals surface area (Å²) in [5, 5.41) is 5.69. The molecule has 0 aliphatic carbocycles. The number of hydroxylamine groups is 2. The van der Waals surface area contributed by atoms with Gasteiger partial charge in [0.1, 0.15) is 18.7 Å². The van der Waals surface area contributed by atoms with Crippen molar-refractivity contribution in [2.45, 2.75) is 31.5 Å². The number of carbonyl (C=O) groups is 4. The number of amides is 3. The summed E-state index contributed by atoms with van der Waals surface area (Å²) in [5.41, 5.74) is 2.33. The van der Waals surface area contributed by atoms with E-state index in [1.54, 1.807) is 36.4 Å². The van der Waals surface area contributed by atoms with Crippen LogP contribution < -0.4 is 10.6 Å². The first kappa shape index (κ1) is 28.7. The summed E-state index contributed by atoms with van der Waals surface area (Å²) in [6.07, 6.45) is -0.557. The van der Waals surface area contributed by atoms with Crippen LogP contribution in [0.25, 0.3) is 0 Å². The summed E-state index contributed by atoms with van der Waals surface area (Å²) in [6.45, 7) is 0.0123. The summed E-state index contributed by atoms with van der Waals surface area (Å²) < 4.78 is 10.1. The molecule has 0 saturated heterocycles. The highest BCUT2D eigenvalue weighted by Crippen LogP contribution is 2.09. The molecule has 0 heterocycles. The lowest BCUT2D eigenvalue weighted by Crippen LogP contribution is -2.51. The summed E-state index contributed by atoms with van der Waals surface area (Å²) >= 11 is 0. The second kappa shape index (κ2) is 14.8. The number of esters is 1. The lowest BCUT2D eigenvalue weighted by Gasteiger charge is -2.24. The predicted octanol–water partition coefficient (Wildman–Crippen LogP) is 3.41. The van der Waals surface area contributed by atoms with Crippen LogP contribution in [0.4, 0.5) is 9.59 Å². The Hall–Kier alpha value is -4.86. The zero-order valence-electron chi connectivity index (χ0n) is 21.7. The molecule has 0 fully saturated rings. The normalized spacial score (nSPS) is 11.8. The van der Waals surface area contributed by atoms with E-state index in [4.69, 9.17) is 14.3 Å². The fourth-order valence-corrected chi connectivity index (χ4v) is 3.62. The SMILES string of the molecule is COC(=O)[C@H](Cc1ccccc1)NC(=O)N(C)OC(=O)[C@H](Cc1ccccc1)NC(=O)OCc1ccccc1. The zero-order valence-corrected chi connectivity index (χ0v) is 21.7. The van der Waals surface area contributed by atoms with Crippen LogP contribution in [0.3, 0.4) is 0 Å². The molecule has 0 radical (unpaired) electrons. The van der Waals surface area contributed by atoms with Crippen molar-refractivity contribution in [3.05, 3.63) is 108 Å². The van der Waals surface area contributed by atoms with Gasteiger partial charge in [-0.2, -0.15) is 5.06 Å². The first-order chi connectivity index (χ1) is 18.9. The van der Waals surface area contributed by atoms with Crippen molar-refractivity contribution in [2.24, 2.45) is 0 Å². The standard InChI is InChI=1S/C29H31N3O7/c1-32(28(35)30-24(26(33)37-2)18-21-12-6-3-7-13-21)39-27(34)25(19-22-14-8-4-9-15-22)31-29(36)38-20-23-16-10-5-11-17-23/h3-17,24-25H,18-20H2,1-2H3,(H,30,35)(H,31,36)/t24-,25-/m0/s1. The lowest BCUT2D eigenvalue weighted by atomic mass is 10.1. The Morgan fingerprint density at radius 1 is 0.692 bits per heavy atom. The Morgan fingerprint density at radius 2 is 1.15 bits per heavy atom. The molecule has 0 saturated carbocycles. The molecule has 0 spiro atoms. The second-order valence-electron chi connectivity index (χ2n) is 8.57. The average Bonchev–Trinajstić information content (AvgIpc) is 2.96. The van der Waals surface area contributed by atoms with E-state index >= 15 is 0 Å². The molecule has 3 rings (SSSR count). The van der Waals surface area contributed by atoms with Crippen molar-refractivity contribution < 1.29 is 33.5 Å². The van der Waals surface area contributed by atoms with Gasteiger partial charge in [0.25, 0.3) is 0 Å². The van der Waals surface area contributed by atoms with Gasteiger partial charge in [-0.15, -0.1) is 0 Å². The first-order valence-corrected chi connectivity index (χ1v) is 12.2. The second-order valence-corrected chi connectivity index (χ2v) is 8.57. The van der Waals surface area contributed by atoms with Crippen LogP contribution in [0.2, 0.25) is 0 Å². The highest BCUT2D eigenvalue weighted by Gasteiger charge is 2.29. The van der Waals surface area contributed by atoms with Gasteiger partial charge in [-0.3, -0.25) is 0 Å². The molecule has 39 heavy (non-hydrogen) atoms. The minimum atomic E-state index is -1.16. The number of carbonyl (C=O) groups excluding carboxylic acids is 4. The fraction of sp³-hybridized carbons (Fsp3) is 0.241. The smallest absolute Gasteiger partial charge is 0.408 e. The topological polar surface area (TPSA) is 123 Å². The highest BCUT2D eigenvalue weighted by atomic mass is 16.7. The number of rotatable bonds is 10. The molecule has 0 bridgehead atoms. The molecule has 3 aromatic carbocycles. The molecule has 0 aromatic heterocycles. The van der Waals surface area contributed by atoms with Gasteiger partial charge in [0.15, 0.2) is 0 Å². The fourth-order valence-electron chi connectivity index (χ4n) is 3.62. The van der Waals surface area contributed by atoms with Gasteiger partial charge in [0.05, 0.1) is 14.2 Å². The van der Waals surface area contributed by atoms with Crippen molar-refractivity contribution in [3.63, 3.8) is 0 Å². The van der Waals surface area contributed by atoms with Gasteiger partial charge in [0.2, 0.25) is 0 Å². The highest BCUT2D eigenvalue weighted by molar-refractivity contribution is 5.85. The van der Waals surface area contributed by atoms with E-state index in [-0.39, 0.29) is 19.4 Å². The van der Waals surface area contributed by atoms with E-state index < -0.39 is 36.1 Å². The Bertz CT molecular complexity index is 1220. The molecule has 0 aliphatic rings. The average molecular weight is 534 g/mol. The summed E-state index contributed by atoms with van der Waals surface area (Å²) in [6, 6.07) is 24.1. The molecule has 0 aliphatic heterocycles. The van der Waals surface area contributed by atoms with Gasteiger partial charge < -0.3 is 24.9 Å². The van der Waals surface area contributed by atoms with E-state index in [2.05, 4.69) is 10.6 Å². The van der Waals surface area contributed by atoms with Gasteiger partial charge in [-0.05, 0) is 16.7 Å². The Kier molecular flexibility index (Phi) is 10.9. The Morgan fingerprint density at radius 3 is 1.64 bits per heavy atom. The van der Waals surface area contributed by atoms with Crippen molar-refractivity contribution in [1.82, 2.24) is 15.7 Å². The number of nitrogens with one attached hydrogen (secondary N) is 2. The predicted molar refractivity (Wildman–Crippen MR) is 142 cm³/mol. The van der Waals surface area contributed by atoms with E-state index in [1.165, 1.54) is 14.2 Å². The molecule has 10 heteroatoms. The monoisotopic (exact) mass is 533 g/mol. The van der Waals surface area contributed by atoms with Crippen LogP contribution in [0.15, 0.2) is 91.0 Å². The molecule has 204 valence electrons. The summed E-state index contributed by atoms with van der Waals surface area (Å²) in [5.74, 6) is -1.55. The quantitative estimate of drug-likeness (QED) is 0.302. The van der Waals surface area contributed by atoms with Crippen molar-refractivity contribution in [3.8, 4) is 0 Å². The number of ether oxygens (including phenoxy) is 2. The first-order valence-electron chi connectivity index (χ1n) is 12.2. The number of urea groups is 1. The van der Waals surface area contributed by atoms with Crippen LogP contribution in [0, 0.1) is 0 Å². The number of methoxy groups -OCH3 is 1. The van der Waals surface area contributed by atoms with E-state index in [9.17, 15) is 19.2 Å². The minimum Gasteiger partial charge on any atom is -0.467 e. The largest absolute Gasteiger partial charge is 0.467 e. The van der Waals surface area contributed by atoms with E-state index in [0.29, 0.717) is 5.06 Å². The van der Waals surface area contributed by atoms with Crippen molar-refractivity contribution in [2.75, 3.05) is 14.2 Å². The third-order valence-electron chi connectivity index (χ3n) is 5.65. The molecule has 0 unspecified atom stereocenters. The maximum atomic E-state index is 13.0. The number of hydrogen-bond donors (Lipinski definition) is 2. The van der Waals surface area contributed by atoms with Crippen LogP contribution in [0.1, 0.15) is 16.7 Å². The van der Waals surface area contributed by atoms with E-state index in [0.717, 1.165) is 16.7 Å². The molecule has 3 amide bonds. The maximum absolute atomic E-state index is 13.0. The zero-order chi connectivity index (χ0) is 28.0. The number of nitrogens with zero attached hydrogens (tertiary/aromatic N) is 1. The van der Waals surface area contributed by atoms with Crippen LogP contribution in [0.5, 0.6) is 0 Å². The Labute approximate surface area is 226 Å². The minimum absolute atomic E-state index is 0.0123. The molecule has 10 nitrogen and oxygen atoms in total. The van der Waals surface area contributed by atoms with Gasteiger partial charge >= 0.3 is 24.1 Å². The third-order valence-corrected chi connectivity index (χ3v) is 5.65.